The van der Waals surface area contributed by atoms with E-state index in [4.69, 9.17) is 10.5 Å². The Bertz CT molecular complexity index is 768. The predicted octanol–water partition coefficient (Wildman–Crippen LogP) is 3.08. The molecule has 8 nitrogen and oxygen atoms in total. The Morgan fingerprint density at radius 1 is 1.22 bits per heavy atom. The van der Waals surface area contributed by atoms with Crippen molar-refractivity contribution in [1.29, 1.82) is 0 Å². The van der Waals surface area contributed by atoms with Gasteiger partial charge in [0.15, 0.2) is 5.16 Å². The summed E-state index contributed by atoms with van der Waals surface area (Å²) >= 11 is 1.40. The lowest BCUT2D eigenvalue weighted by molar-refractivity contribution is -0.119. The number of carbonyl (C=O) groups is 2. The predicted molar refractivity (Wildman–Crippen MR) is 125 cm³/mol. The molecule has 180 valence electrons. The fraction of sp³-hybridized carbons (Fsp3) is 0.826. The molecule has 0 aromatic carbocycles. The number of aryl methyl sites for hydroxylation is 1. The molecule has 9 heteroatoms. The molecule has 1 atom stereocenters. The monoisotopic (exact) mass is 465 g/mol. The second kappa shape index (κ2) is 11.5. The van der Waals surface area contributed by atoms with Gasteiger partial charge < -0.3 is 20.4 Å². The number of primary amides is 1. The molecule has 32 heavy (non-hydrogen) atoms. The zero-order valence-electron chi connectivity index (χ0n) is 19.8. The summed E-state index contributed by atoms with van der Waals surface area (Å²) in [6.07, 6.45) is 8.49. The average Bonchev–Trinajstić information content (AvgIpc) is 3.41. The number of hydrogen-bond acceptors (Lipinski definition) is 6. The molecule has 2 amide bonds. The van der Waals surface area contributed by atoms with Gasteiger partial charge in [0, 0.05) is 25.5 Å². The Hall–Kier alpha value is -1.61. The van der Waals surface area contributed by atoms with E-state index in [1.54, 1.807) is 0 Å². The molecule has 1 aliphatic carbocycles. The lowest BCUT2D eigenvalue weighted by Crippen LogP contribution is -2.40. The van der Waals surface area contributed by atoms with Gasteiger partial charge in [-0.15, -0.1) is 10.2 Å². The largest absolute Gasteiger partial charge is 0.376 e. The Morgan fingerprint density at radius 3 is 2.59 bits per heavy atom. The SMILES string of the molecule is CCC(C)(C)C1CCC(NC(=O)CSc2nnc(CCC(N)=O)n2CC2CCCO2)CC1. The summed E-state index contributed by atoms with van der Waals surface area (Å²) in [6, 6.07) is 0.267. The second-order valence-electron chi connectivity index (χ2n) is 9.86. The Kier molecular flexibility index (Phi) is 8.99. The van der Waals surface area contributed by atoms with Gasteiger partial charge in [0.1, 0.15) is 5.82 Å². The molecule has 1 saturated heterocycles. The molecular weight excluding hydrogens is 426 g/mol. The van der Waals surface area contributed by atoms with Crippen molar-refractivity contribution < 1.29 is 14.3 Å². The highest BCUT2D eigenvalue weighted by molar-refractivity contribution is 7.99. The molecule has 2 aliphatic rings. The third kappa shape index (κ3) is 6.94. The number of ether oxygens (including phenoxy) is 1. The highest BCUT2D eigenvalue weighted by atomic mass is 32.2. The first-order valence-electron chi connectivity index (χ1n) is 12.0. The Morgan fingerprint density at radius 2 is 1.97 bits per heavy atom. The van der Waals surface area contributed by atoms with Crippen molar-refractivity contribution >= 4 is 23.6 Å². The minimum Gasteiger partial charge on any atom is -0.376 e. The zero-order valence-corrected chi connectivity index (χ0v) is 20.6. The maximum Gasteiger partial charge on any atom is 0.230 e. The van der Waals surface area contributed by atoms with Crippen molar-refractivity contribution in [3.63, 3.8) is 0 Å². The van der Waals surface area contributed by atoms with Gasteiger partial charge in [-0.3, -0.25) is 9.59 Å². The van der Waals surface area contributed by atoms with Gasteiger partial charge in [0.05, 0.1) is 18.4 Å². The lowest BCUT2D eigenvalue weighted by Gasteiger charge is -2.39. The number of carbonyl (C=O) groups excluding carboxylic acids is 2. The highest BCUT2D eigenvalue weighted by Crippen LogP contribution is 2.40. The number of thioether (sulfide) groups is 1. The fourth-order valence-electron chi connectivity index (χ4n) is 4.73. The van der Waals surface area contributed by atoms with Gasteiger partial charge in [0.2, 0.25) is 11.8 Å². The normalized spacial score (nSPS) is 23.9. The van der Waals surface area contributed by atoms with Crippen LogP contribution < -0.4 is 11.1 Å². The van der Waals surface area contributed by atoms with Gasteiger partial charge in [-0.25, -0.2) is 0 Å². The van der Waals surface area contributed by atoms with Gasteiger partial charge in [-0.2, -0.15) is 0 Å². The van der Waals surface area contributed by atoms with Crippen LogP contribution in [0.15, 0.2) is 5.16 Å². The molecule has 1 saturated carbocycles. The van der Waals surface area contributed by atoms with Crippen LogP contribution in [0, 0.1) is 11.3 Å². The molecule has 0 radical (unpaired) electrons. The summed E-state index contributed by atoms with van der Waals surface area (Å²) in [6.45, 7) is 8.39. The molecule has 0 bridgehead atoms. The van der Waals surface area contributed by atoms with Gasteiger partial charge in [-0.1, -0.05) is 39.0 Å². The van der Waals surface area contributed by atoms with Crippen LogP contribution in [0.4, 0.5) is 0 Å². The molecule has 2 heterocycles. The molecule has 3 N–H and O–H groups in total. The van der Waals surface area contributed by atoms with E-state index in [0.717, 1.165) is 44.0 Å². The van der Waals surface area contributed by atoms with E-state index in [-0.39, 0.29) is 30.4 Å². The van der Waals surface area contributed by atoms with E-state index in [0.29, 0.717) is 29.3 Å². The highest BCUT2D eigenvalue weighted by Gasteiger charge is 2.32. The molecule has 1 unspecified atom stereocenters. The van der Waals surface area contributed by atoms with Crippen LogP contribution in [-0.2, 0) is 27.3 Å². The van der Waals surface area contributed by atoms with Crippen molar-refractivity contribution in [2.75, 3.05) is 12.4 Å². The molecular formula is C23H39N5O3S. The summed E-state index contributed by atoms with van der Waals surface area (Å²) < 4.78 is 7.77. The van der Waals surface area contributed by atoms with Crippen molar-refractivity contribution in [1.82, 2.24) is 20.1 Å². The number of nitrogens with one attached hydrogen (secondary N) is 1. The van der Waals surface area contributed by atoms with Crippen molar-refractivity contribution in [3.8, 4) is 0 Å². The third-order valence-corrected chi connectivity index (χ3v) is 8.21. The number of nitrogens with two attached hydrogens (primary N) is 1. The van der Waals surface area contributed by atoms with Crippen LogP contribution in [0.2, 0.25) is 0 Å². The Balaban J connectivity index is 1.52. The topological polar surface area (TPSA) is 112 Å². The first-order valence-corrected chi connectivity index (χ1v) is 13.0. The van der Waals surface area contributed by atoms with E-state index in [1.165, 1.54) is 31.0 Å². The quantitative estimate of drug-likeness (QED) is 0.486. The second-order valence-corrected chi connectivity index (χ2v) is 10.8. The van der Waals surface area contributed by atoms with Crippen LogP contribution in [0.5, 0.6) is 0 Å². The summed E-state index contributed by atoms with van der Waals surface area (Å²) in [7, 11) is 0. The molecule has 2 fully saturated rings. The van der Waals surface area contributed by atoms with E-state index in [1.807, 2.05) is 4.57 Å². The summed E-state index contributed by atoms with van der Waals surface area (Å²) in [5.74, 6) is 1.45. The molecule has 1 aromatic heterocycles. The maximum atomic E-state index is 12.6. The Labute approximate surface area is 195 Å². The zero-order chi connectivity index (χ0) is 23.1. The standard InChI is InChI=1S/C23H39N5O3S/c1-4-23(2,3)16-7-9-17(10-8-16)25-21(30)15-32-22-27-26-20(12-11-19(24)29)28(22)14-18-6-5-13-31-18/h16-18H,4-15H2,1-3H3,(H2,24,29)(H,25,30). The number of amides is 2. The van der Waals surface area contributed by atoms with Crippen LogP contribution in [0.25, 0.3) is 0 Å². The van der Waals surface area contributed by atoms with E-state index in [9.17, 15) is 9.59 Å². The number of rotatable bonds is 11. The fourth-order valence-corrected chi connectivity index (χ4v) is 5.51. The summed E-state index contributed by atoms with van der Waals surface area (Å²) in [5, 5.41) is 12.5. The lowest BCUT2D eigenvalue weighted by atomic mass is 9.69. The molecule has 0 spiro atoms. The van der Waals surface area contributed by atoms with Crippen molar-refractivity contribution in [2.45, 2.75) is 102 Å². The minimum absolute atomic E-state index is 0.0403. The van der Waals surface area contributed by atoms with Crippen LogP contribution in [-0.4, -0.2) is 51.1 Å². The van der Waals surface area contributed by atoms with Crippen molar-refractivity contribution in [3.05, 3.63) is 5.82 Å². The van der Waals surface area contributed by atoms with Crippen LogP contribution >= 0.6 is 11.8 Å². The molecule has 3 rings (SSSR count). The average molecular weight is 466 g/mol. The van der Waals surface area contributed by atoms with E-state index < -0.39 is 0 Å². The van der Waals surface area contributed by atoms with Crippen molar-refractivity contribution in [2.24, 2.45) is 17.1 Å². The number of aromatic nitrogens is 3. The first kappa shape index (κ1) is 25.0. The third-order valence-electron chi connectivity index (χ3n) is 7.24. The maximum absolute atomic E-state index is 12.6. The minimum atomic E-state index is -0.359. The van der Waals surface area contributed by atoms with Crippen LogP contribution in [0.1, 0.15) is 78.0 Å². The summed E-state index contributed by atoms with van der Waals surface area (Å²) in [5.41, 5.74) is 5.69. The van der Waals surface area contributed by atoms with Gasteiger partial charge >= 0.3 is 0 Å². The molecule has 1 aromatic rings. The van der Waals surface area contributed by atoms with E-state index in [2.05, 4.69) is 36.3 Å². The van der Waals surface area contributed by atoms with Gasteiger partial charge in [-0.05, 0) is 49.9 Å². The first-order chi connectivity index (χ1) is 15.3. The number of nitrogens with zero attached hydrogens (tertiary/aromatic N) is 3. The molecule has 1 aliphatic heterocycles. The smallest absolute Gasteiger partial charge is 0.230 e. The van der Waals surface area contributed by atoms with Gasteiger partial charge in [0.25, 0.3) is 0 Å². The van der Waals surface area contributed by atoms with Crippen LogP contribution in [0.3, 0.4) is 0 Å². The number of hydrogen-bond donors (Lipinski definition) is 2. The summed E-state index contributed by atoms with van der Waals surface area (Å²) in [4.78, 5) is 23.8. The van der Waals surface area contributed by atoms with E-state index >= 15 is 0 Å².